The number of anilines is 2. The molecular weight excluding hydrogens is 138 g/mol. The Kier molecular flexibility index (Phi) is 1.28. The van der Waals surface area contributed by atoms with Gasteiger partial charge in [-0.3, -0.25) is 5.43 Å². The van der Waals surface area contributed by atoms with Crippen LogP contribution >= 0.6 is 0 Å². The highest BCUT2D eigenvalue weighted by atomic mass is 15.3. The van der Waals surface area contributed by atoms with Crippen LogP contribution in [0.2, 0.25) is 0 Å². The Hall–Kier alpha value is -1.51. The standard InChI is InChI=1S/C8H9N3/c9-7-1-2-8-6(5-7)3-4-10-11-8/h1-2,4-5,11H,3,9H2. The molecule has 0 saturated heterocycles. The predicted octanol–water partition coefficient (Wildman–Crippen LogP) is 1.22. The maximum atomic E-state index is 5.61. The van der Waals surface area contributed by atoms with E-state index in [2.05, 4.69) is 10.5 Å². The fourth-order valence-corrected chi connectivity index (χ4v) is 1.15. The number of nitrogens with two attached hydrogens (primary N) is 1. The van der Waals surface area contributed by atoms with E-state index in [1.807, 2.05) is 24.4 Å². The van der Waals surface area contributed by atoms with Crippen molar-refractivity contribution in [3.8, 4) is 0 Å². The van der Waals surface area contributed by atoms with Gasteiger partial charge in [-0.05, 0) is 23.8 Å². The number of nitrogens with zero attached hydrogens (tertiary/aromatic N) is 1. The normalized spacial score (nSPS) is 13.8. The first kappa shape index (κ1) is 6.22. The molecule has 0 amide bonds. The molecule has 3 nitrogen and oxygen atoms in total. The van der Waals surface area contributed by atoms with Crippen molar-refractivity contribution in [2.45, 2.75) is 6.42 Å². The smallest absolute Gasteiger partial charge is 0.0598 e. The zero-order valence-electron chi connectivity index (χ0n) is 6.04. The van der Waals surface area contributed by atoms with Gasteiger partial charge in [-0.25, -0.2) is 0 Å². The summed E-state index contributed by atoms with van der Waals surface area (Å²) >= 11 is 0. The molecular formula is C8H9N3. The summed E-state index contributed by atoms with van der Waals surface area (Å²) in [4.78, 5) is 0. The topological polar surface area (TPSA) is 50.4 Å². The van der Waals surface area contributed by atoms with Crippen molar-refractivity contribution in [2.75, 3.05) is 11.2 Å². The van der Waals surface area contributed by atoms with E-state index in [0.29, 0.717) is 0 Å². The van der Waals surface area contributed by atoms with Crippen LogP contribution in [0.1, 0.15) is 5.56 Å². The third-order valence-corrected chi connectivity index (χ3v) is 1.72. The minimum absolute atomic E-state index is 0.806. The van der Waals surface area contributed by atoms with E-state index < -0.39 is 0 Å². The predicted molar refractivity (Wildman–Crippen MR) is 46.7 cm³/mol. The summed E-state index contributed by atoms with van der Waals surface area (Å²) in [6.07, 6.45) is 2.70. The zero-order chi connectivity index (χ0) is 7.68. The maximum Gasteiger partial charge on any atom is 0.0598 e. The van der Waals surface area contributed by atoms with Gasteiger partial charge in [0.15, 0.2) is 0 Å². The molecule has 3 heteroatoms. The zero-order valence-corrected chi connectivity index (χ0v) is 6.04. The molecule has 0 atom stereocenters. The molecule has 0 radical (unpaired) electrons. The van der Waals surface area contributed by atoms with Crippen LogP contribution in [0.3, 0.4) is 0 Å². The van der Waals surface area contributed by atoms with Gasteiger partial charge in [-0.15, -0.1) is 0 Å². The number of nitrogen functional groups attached to an aromatic ring is 1. The van der Waals surface area contributed by atoms with E-state index in [0.717, 1.165) is 17.8 Å². The molecule has 0 saturated carbocycles. The molecule has 2 rings (SSSR count). The lowest BCUT2D eigenvalue weighted by Gasteiger charge is -2.11. The van der Waals surface area contributed by atoms with Crippen LogP contribution in [-0.2, 0) is 6.42 Å². The van der Waals surface area contributed by atoms with E-state index in [9.17, 15) is 0 Å². The first-order chi connectivity index (χ1) is 5.36. The Morgan fingerprint density at radius 1 is 1.45 bits per heavy atom. The van der Waals surface area contributed by atoms with Gasteiger partial charge in [0.2, 0.25) is 0 Å². The molecule has 1 heterocycles. The Labute approximate surface area is 64.9 Å². The van der Waals surface area contributed by atoms with Crippen LogP contribution in [0.4, 0.5) is 11.4 Å². The molecule has 1 aromatic rings. The molecule has 1 aromatic carbocycles. The van der Waals surface area contributed by atoms with Gasteiger partial charge >= 0.3 is 0 Å². The largest absolute Gasteiger partial charge is 0.399 e. The minimum Gasteiger partial charge on any atom is -0.399 e. The van der Waals surface area contributed by atoms with Gasteiger partial charge in [0.1, 0.15) is 0 Å². The van der Waals surface area contributed by atoms with Gasteiger partial charge in [0.05, 0.1) is 5.69 Å². The van der Waals surface area contributed by atoms with Crippen molar-refractivity contribution in [3.63, 3.8) is 0 Å². The Balaban J connectivity index is 2.48. The number of hydrogen-bond donors (Lipinski definition) is 2. The van der Waals surface area contributed by atoms with Crippen LogP contribution in [0.15, 0.2) is 23.3 Å². The van der Waals surface area contributed by atoms with Crippen molar-refractivity contribution < 1.29 is 0 Å². The molecule has 56 valence electrons. The summed E-state index contributed by atoms with van der Waals surface area (Å²) in [6, 6.07) is 5.78. The van der Waals surface area contributed by atoms with E-state index in [1.165, 1.54) is 5.56 Å². The van der Waals surface area contributed by atoms with E-state index in [1.54, 1.807) is 0 Å². The highest BCUT2D eigenvalue weighted by Crippen LogP contribution is 2.20. The first-order valence-corrected chi connectivity index (χ1v) is 3.52. The van der Waals surface area contributed by atoms with Gasteiger partial charge in [0.25, 0.3) is 0 Å². The first-order valence-electron chi connectivity index (χ1n) is 3.52. The second-order valence-electron chi connectivity index (χ2n) is 2.54. The van der Waals surface area contributed by atoms with Crippen molar-refractivity contribution in [2.24, 2.45) is 5.10 Å². The van der Waals surface area contributed by atoms with Crippen molar-refractivity contribution in [1.82, 2.24) is 0 Å². The average molecular weight is 147 g/mol. The highest BCUT2D eigenvalue weighted by molar-refractivity contribution is 5.73. The SMILES string of the molecule is Nc1ccc2c(c1)CC=NN2. The minimum atomic E-state index is 0.806. The fraction of sp³-hybridized carbons (Fsp3) is 0.125. The summed E-state index contributed by atoms with van der Waals surface area (Å²) in [7, 11) is 0. The van der Waals surface area contributed by atoms with E-state index in [-0.39, 0.29) is 0 Å². The number of fused-ring (bicyclic) bond motifs is 1. The second-order valence-corrected chi connectivity index (χ2v) is 2.54. The van der Waals surface area contributed by atoms with Gasteiger partial charge in [-0.2, -0.15) is 5.10 Å². The second kappa shape index (κ2) is 2.27. The third-order valence-electron chi connectivity index (χ3n) is 1.72. The summed E-state index contributed by atoms with van der Waals surface area (Å²) in [5.74, 6) is 0. The summed E-state index contributed by atoms with van der Waals surface area (Å²) in [5, 5.41) is 3.93. The van der Waals surface area contributed by atoms with Crippen molar-refractivity contribution in [1.29, 1.82) is 0 Å². The summed E-state index contributed by atoms with van der Waals surface area (Å²) in [6.45, 7) is 0. The molecule has 0 bridgehead atoms. The van der Waals surface area contributed by atoms with Gasteiger partial charge in [-0.1, -0.05) is 0 Å². The number of rotatable bonds is 0. The Morgan fingerprint density at radius 3 is 3.27 bits per heavy atom. The summed E-state index contributed by atoms with van der Waals surface area (Å²) in [5.41, 5.74) is 11.6. The van der Waals surface area contributed by atoms with Crippen LogP contribution in [-0.4, -0.2) is 6.21 Å². The van der Waals surface area contributed by atoms with E-state index in [4.69, 9.17) is 5.73 Å². The molecule has 1 aliphatic rings. The molecule has 0 fully saturated rings. The number of benzene rings is 1. The number of hydrogen-bond acceptors (Lipinski definition) is 3. The number of nitrogens with one attached hydrogen (secondary N) is 1. The molecule has 0 aliphatic carbocycles. The molecule has 11 heavy (non-hydrogen) atoms. The third kappa shape index (κ3) is 1.05. The molecule has 0 unspecified atom stereocenters. The van der Waals surface area contributed by atoms with Gasteiger partial charge < -0.3 is 5.73 Å². The Bertz CT molecular complexity index is 304. The highest BCUT2D eigenvalue weighted by Gasteiger charge is 2.03. The maximum absolute atomic E-state index is 5.61. The van der Waals surface area contributed by atoms with Crippen LogP contribution in [0.5, 0.6) is 0 Å². The monoisotopic (exact) mass is 147 g/mol. The molecule has 0 spiro atoms. The lowest BCUT2D eigenvalue weighted by Crippen LogP contribution is -2.03. The van der Waals surface area contributed by atoms with Crippen molar-refractivity contribution >= 4 is 17.6 Å². The molecule has 1 aliphatic heterocycles. The Morgan fingerprint density at radius 2 is 2.36 bits per heavy atom. The van der Waals surface area contributed by atoms with Gasteiger partial charge in [0, 0.05) is 18.3 Å². The van der Waals surface area contributed by atoms with Crippen LogP contribution < -0.4 is 11.2 Å². The lowest BCUT2D eigenvalue weighted by atomic mass is 10.1. The van der Waals surface area contributed by atoms with Crippen molar-refractivity contribution in [3.05, 3.63) is 23.8 Å². The molecule has 0 aromatic heterocycles. The average Bonchev–Trinajstić information content (AvgIpc) is 2.04. The fourth-order valence-electron chi connectivity index (χ4n) is 1.15. The molecule has 3 N–H and O–H groups in total. The summed E-state index contributed by atoms with van der Waals surface area (Å²) < 4.78 is 0. The quantitative estimate of drug-likeness (QED) is 0.542. The van der Waals surface area contributed by atoms with E-state index >= 15 is 0 Å². The van der Waals surface area contributed by atoms with Crippen LogP contribution in [0, 0.1) is 0 Å². The van der Waals surface area contributed by atoms with Crippen LogP contribution in [0.25, 0.3) is 0 Å². The number of hydrazone groups is 1. The lowest BCUT2D eigenvalue weighted by molar-refractivity contribution is 1.21.